The fourth-order valence-electron chi connectivity index (χ4n) is 2.19. The van der Waals surface area contributed by atoms with Gasteiger partial charge in [-0.2, -0.15) is 0 Å². The Labute approximate surface area is 126 Å². The molecule has 1 aromatic carbocycles. The summed E-state index contributed by atoms with van der Waals surface area (Å²) in [6.45, 7) is 6.33. The number of halogens is 1. The summed E-state index contributed by atoms with van der Waals surface area (Å²) in [6.07, 6.45) is 3.47. The Bertz CT molecular complexity index is 354. The monoisotopic (exact) mass is 327 g/mol. The predicted octanol–water partition coefficient (Wildman–Crippen LogP) is 4.03. The lowest BCUT2D eigenvalue weighted by Crippen LogP contribution is -2.30. The Morgan fingerprint density at radius 1 is 1.32 bits per heavy atom. The van der Waals surface area contributed by atoms with Crippen LogP contribution in [0.4, 0.5) is 0 Å². The molecule has 0 saturated heterocycles. The number of benzene rings is 1. The Morgan fingerprint density at radius 3 is 2.74 bits per heavy atom. The van der Waals surface area contributed by atoms with Crippen molar-refractivity contribution in [3.05, 3.63) is 34.3 Å². The molecule has 2 nitrogen and oxygen atoms in total. The molecule has 1 aromatic rings. The highest BCUT2D eigenvalue weighted by Crippen LogP contribution is 2.18. The first-order chi connectivity index (χ1) is 9.11. The molecule has 0 saturated carbocycles. The summed E-state index contributed by atoms with van der Waals surface area (Å²) in [6, 6.07) is 9.17. The minimum Gasteiger partial charge on any atom is -0.385 e. The van der Waals surface area contributed by atoms with Crippen molar-refractivity contribution in [1.82, 2.24) is 5.32 Å². The summed E-state index contributed by atoms with van der Waals surface area (Å²) in [7, 11) is 1.77. The molecular weight excluding hydrogens is 302 g/mol. The van der Waals surface area contributed by atoms with Crippen LogP contribution < -0.4 is 5.32 Å². The van der Waals surface area contributed by atoms with Crippen molar-refractivity contribution in [3.63, 3.8) is 0 Å². The fourth-order valence-corrected chi connectivity index (χ4v) is 2.64. The molecule has 0 fully saturated rings. The number of ether oxygens (including phenoxy) is 1. The molecule has 1 unspecified atom stereocenters. The van der Waals surface area contributed by atoms with Gasteiger partial charge in [0.25, 0.3) is 0 Å². The molecule has 1 N–H and O–H groups in total. The molecule has 0 aliphatic carbocycles. The fraction of sp³-hybridized carbons (Fsp3) is 0.625. The van der Waals surface area contributed by atoms with Crippen molar-refractivity contribution in [2.75, 3.05) is 20.3 Å². The van der Waals surface area contributed by atoms with Crippen LogP contribution in [0.5, 0.6) is 0 Å². The van der Waals surface area contributed by atoms with E-state index in [-0.39, 0.29) is 0 Å². The van der Waals surface area contributed by atoms with Gasteiger partial charge in [0, 0.05) is 24.2 Å². The zero-order valence-electron chi connectivity index (χ0n) is 12.3. The second-order valence-corrected chi connectivity index (χ2v) is 6.31. The van der Waals surface area contributed by atoms with Crippen molar-refractivity contribution in [1.29, 1.82) is 0 Å². The van der Waals surface area contributed by atoms with Crippen LogP contribution in [0.25, 0.3) is 0 Å². The molecule has 0 heterocycles. The van der Waals surface area contributed by atoms with E-state index in [1.54, 1.807) is 7.11 Å². The molecule has 0 radical (unpaired) electrons. The van der Waals surface area contributed by atoms with Crippen molar-refractivity contribution < 1.29 is 4.74 Å². The van der Waals surface area contributed by atoms with Gasteiger partial charge in [0.1, 0.15) is 0 Å². The van der Waals surface area contributed by atoms with E-state index in [9.17, 15) is 0 Å². The third-order valence-corrected chi connectivity index (χ3v) is 3.68. The van der Waals surface area contributed by atoms with Crippen LogP contribution in [0.1, 0.15) is 32.3 Å². The normalized spacial score (nSPS) is 12.9. The standard InChI is InChI=1S/C16H26BrNO/c1-13(2)18-12-15(7-5-9-19-3)10-14-6-4-8-16(17)11-14/h4,6,8,11,13,15,18H,5,7,9-10,12H2,1-3H3. The minimum absolute atomic E-state index is 0.549. The second-order valence-electron chi connectivity index (χ2n) is 5.40. The van der Waals surface area contributed by atoms with Crippen LogP contribution >= 0.6 is 15.9 Å². The van der Waals surface area contributed by atoms with Gasteiger partial charge in [-0.05, 0) is 49.4 Å². The van der Waals surface area contributed by atoms with Crippen LogP contribution in [0.3, 0.4) is 0 Å². The Morgan fingerprint density at radius 2 is 2.11 bits per heavy atom. The lowest BCUT2D eigenvalue weighted by atomic mass is 9.94. The van der Waals surface area contributed by atoms with E-state index in [1.807, 2.05) is 0 Å². The van der Waals surface area contributed by atoms with Gasteiger partial charge < -0.3 is 10.1 Å². The summed E-state index contributed by atoms with van der Waals surface area (Å²) >= 11 is 3.54. The van der Waals surface area contributed by atoms with Crippen LogP contribution in [0.15, 0.2) is 28.7 Å². The molecule has 0 aliphatic rings. The van der Waals surface area contributed by atoms with Gasteiger partial charge >= 0.3 is 0 Å². The quantitative estimate of drug-likeness (QED) is 0.691. The Hall–Kier alpha value is -0.380. The third-order valence-electron chi connectivity index (χ3n) is 3.19. The predicted molar refractivity (Wildman–Crippen MR) is 85.6 cm³/mol. The van der Waals surface area contributed by atoms with Gasteiger partial charge in [-0.1, -0.05) is 41.9 Å². The van der Waals surface area contributed by atoms with E-state index in [1.165, 1.54) is 12.0 Å². The minimum atomic E-state index is 0.549. The number of nitrogens with one attached hydrogen (secondary N) is 1. The SMILES string of the molecule is COCCCC(CNC(C)C)Cc1cccc(Br)c1. The molecule has 108 valence electrons. The van der Waals surface area contributed by atoms with Gasteiger partial charge in [-0.3, -0.25) is 0 Å². The van der Waals surface area contributed by atoms with Gasteiger partial charge in [0.2, 0.25) is 0 Å². The van der Waals surface area contributed by atoms with Crippen molar-refractivity contribution in [2.24, 2.45) is 5.92 Å². The molecule has 3 heteroatoms. The first-order valence-electron chi connectivity index (χ1n) is 7.08. The summed E-state index contributed by atoms with van der Waals surface area (Å²) < 4.78 is 6.32. The number of hydrogen-bond donors (Lipinski definition) is 1. The molecule has 0 bridgehead atoms. The molecule has 19 heavy (non-hydrogen) atoms. The average molecular weight is 328 g/mol. The highest BCUT2D eigenvalue weighted by Gasteiger charge is 2.10. The summed E-state index contributed by atoms with van der Waals surface area (Å²) in [5.41, 5.74) is 1.40. The maximum atomic E-state index is 5.16. The lowest BCUT2D eigenvalue weighted by Gasteiger charge is -2.19. The molecule has 0 aromatic heterocycles. The summed E-state index contributed by atoms with van der Waals surface area (Å²) in [5.74, 6) is 0.673. The Kier molecular flexibility index (Phi) is 8.35. The topological polar surface area (TPSA) is 21.3 Å². The largest absolute Gasteiger partial charge is 0.385 e. The van der Waals surface area contributed by atoms with Gasteiger partial charge in [-0.25, -0.2) is 0 Å². The van der Waals surface area contributed by atoms with Gasteiger partial charge in [0.05, 0.1) is 0 Å². The maximum absolute atomic E-state index is 5.16. The van der Waals surface area contributed by atoms with Crippen molar-refractivity contribution >= 4 is 15.9 Å². The smallest absolute Gasteiger partial charge is 0.0462 e. The molecule has 0 spiro atoms. The zero-order chi connectivity index (χ0) is 14.1. The second kappa shape index (κ2) is 9.51. The van der Waals surface area contributed by atoms with Crippen LogP contribution in [0.2, 0.25) is 0 Å². The molecule has 0 aliphatic heterocycles. The first kappa shape index (κ1) is 16.7. The van der Waals surface area contributed by atoms with E-state index in [2.05, 4.69) is 59.4 Å². The highest BCUT2D eigenvalue weighted by atomic mass is 79.9. The zero-order valence-corrected chi connectivity index (χ0v) is 13.9. The van der Waals surface area contributed by atoms with Crippen molar-refractivity contribution in [2.45, 2.75) is 39.2 Å². The number of methoxy groups -OCH3 is 1. The van der Waals surface area contributed by atoms with E-state index < -0.39 is 0 Å². The number of rotatable bonds is 9. The van der Waals surface area contributed by atoms with Crippen LogP contribution in [-0.4, -0.2) is 26.3 Å². The van der Waals surface area contributed by atoms with E-state index in [0.717, 1.165) is 30.5 Å². The third kappa shape index (κ3) is 7.71. The maximum Gasteiger partial charge on any atom is 0.0462 e. The van der Waals surface area contributed by atoms with E-state index in [0.29, 0.717) is 12.0 Å². The van der Waals surface area contributed by atoms with Crippen molar-refractivity contribution in [3.8, 4) is 0 Å². The Balaban J connectivity index is 2.51. The van der Waals surface area contributed by atoms with Crippen LogP contribution in [-0.2, 0) is 11.2 Å². The molecule has 1 rings (SSSR count). The molecule has 0 amide bonds. The highest BCUT2D eigenvalue weighted by molar-refractivity contribution is 9.10. The van der Waals surface area contributed by atoms with Gasteiger partial charge in [0.15, 0.2) is 0 Å². The van der Waals surface area contributed by atoms with Gasteiger partial charge in [-0.15, -0.1) is 0 Å². The summed E-state index contributed by atoms with van der Waals surface area (Å²) in [5, 5.41) is 3.55. The average Bonchev–Trinajstić information content (AvgIpc) is 2.36. The number of hydrogen-bond acceptors (Lipinski definition) is 2. The van der Waals surface area contributed by atoms with E-state index >= 15 is 0 Å². The summed E-state index contributed by atoms with van der Waals surface area (Å²) in [4.78, 5) is 0. The lowest BCUT2D eigenvalue weighted by molar-refractivity contribution is 0.186. The first-order valence-corrected chi connectivity index (χ1v) is 7.88. The van der Waals surface area contributed by atoms with Crippen LogP contribution in [0, 0.1) is 5.92 Å². The molecule has 1 atom stereocenters. The van der Waals surface area contributed by atoms with E-state index in [4.69, 9.17) is 4.74 Å². The molecular formula is C16H26BrNO.